The number of hydrogen-bond acceptors (Lipinski definition) is 5. The van der Waals surface area contributed by atoms with Crippen LogP contribution >= 0.6 is 0 Å². The standard InChI is InChI=1S/C39H52F3NO4/c1-10-12-20-46-34-18-15-28(36(4,5)6)23-31(34)38(45,26(3)43-25-27-22-30(39(40,41)42)14-17-33(27)44)32-24-29(37(7,8)9)16-19-35(32)47-21-13-11-2/h14-19,22-26,44-45H,10-13,20-21H2,1-9H3. The summed E-state index contributed by atoms with van der Waals surface area (Å²) in [6.07, 6.45) is 0.0575. The van der Waals surface area contributed by atoms with Crippen molar-refractivity contribution in [3.63, 3.8) is 0 Å². The van der Waals surface area contributed by atoms with Crippen molar-refractivity contribution in [3.8, 4) is 17.2 Å². The average Bonchev–Trinajstić information content (AvgIpc) is 2.99. The van der Waals surface area contributed by atoms with Crippen LogP contribution in [0.3, 0.4) is 0 Å². The highest BCUT2D eigenvalue weighted by Gasteiger charge is 2.44. The third-order valence-corrected chi connectivity index (χ3v) is 8.42. The number of hydrogen-bond donors (Lipinski definition) is 2. The van der Waals surface area contributed by atoms with Crippen LogP contribution in [0.2, 0.25) is 0 Å². The lowest BCUT2D eigenvalue weighted by atomic mass is 9.75. The number of aliphatic imine (C=N–C) groups is 1. The fourth-order valence-corrected chi connectivity index (χ4v) is 5.22. The molecular weight excluding hydrogens is 603 g/mol. The normalized spacial score (nSPS) is 13.6. The van der Waals surface area contributed by atoms with Crippen LogP contribution in [0.25, 0.3) is 0 Å². The summed E-state index contributed by atoms with van der Waals surface area (Å²) in [5.41, 5.74) is -0.561. The minimum Gasteiger partial charge on any atom is -0.507 e. The topological polar surface area (TPSA) is 71.3 Å². The smallest absolute Gasteiger partial charge is 0.416 e. The lowest BCUT2D eigenvalue weighted by Gasteiger charge is -2.37. The van der Waals surface area contributed by atoms with E-state index >= 15 is 0 Å². The minimum atomic E-state index is -4.60. The number of alkyl halides is 3. The van der Waals surface area contributed by atoms with Crippen molar-refractivity contribution in [1.82, 2.24) is 0 Å². The molecule has 258 valence electrons. The average molecular weight is 656 g/mol. The molecule has 0 bridgehead atoms. The van der Waals surface area contributed by atoms with E-state index in [0.29, 0.717) is 35.8 Å². The predicted molar refractivity (Wildman–Crippen MR) is 184 cm³/mol. The van der Waals surface area contributed by atoms with Gasteiger partial charge in [-0.15, -0.1) is 0 Å². The highest BCUT2D eigenvalue weighted by Crippen LogP contribution is 2.46. The summed E-state index contributed by atoms with van der Waals surface area (Å²) in [5, 5.41) is 23.8. The first-order valence-corrected chi connectivity index (χ1v) is 16.5. The molecule has 47 heavy (non-hydrogen) atoms. The lowest BCUT2D eigenvalue weighted by Crippen LogP contribution is -2.39. The van der Waals surface area contributed by atoms with Gasteiger partial charge in [-0.2, -0.15) is 13.2 Å². The van der Waals surface area contributed by atoms with Gasteiger partial charge in [-0.05, 0) is 84.2 Å². The van der Waals surface area contributed by atoms with Gasteiger partial charge in [-0.3, -0.25) is 4.99 Å². The van der Waals surface area contributed by atoms with Gasteiger partial charge in [0.25, 0.3) is 0 Å². The molecule has 0 aliphatic heterocycles. The Balaban J connectivity index is 2.39. The second kappa shape index (κ2) is 15.1. The molecule has 0 amide bonds. The number of aliphatic hydroxyl groups is 1. The fourth-order valence-electron chi connectivity index (χ4n) is 5.22. The maximum atomic E-state index is 13.5. The van der Waals surface area contributed by atoms with Gasteiger partial charge in [0.05, 0.1) is 24.8 Å². The fraction of sp³-hybridized carbons (Fsp3) is 0.513. The van der Waals surface area contributed by atoms with Gasteiger partial charge in [0.1, 0.15) is 22.8 Å². The molecule has 3 aromatic carbocycles. The van der Waals surface area contributed by atoms with Crippen LogP contribution in [0.5, 0.6) is 17.2 Å². The Labute approximate surface area is 278 Å². The largest absolute Gasteiger partial charge is 0.507 e. The first kappa shape index (κ1) is 37.9. The molecule has 0 fully saturated rings. The third-order valence-electron chi connectivity index (χ3n) is 8.42. The SMILES string of the molecule is CCCCOc1ccc(C(C)(C)C)cc1C(O)(c1cc(C(C)(C)C)ccc1OCCCC)C(C)N=Cc1cc(C(F)(F)F)ccc1O. The number of rotatable bonds is 13. The summed E-state index contributed by atoms with van der Waals surface area (Å²) in [7, 11) is 0. The summed E-state index contributed by atoms with van der Waals surface area (Å²) in [6, 6.07) is 13.3. The van der Waals surface area contributed by atoms with E-state index in [0.717, 1.165) is 55.0 Å². The summed E-state index contributed by atoms with van der Waals surface area (Å²) in [4.78, 5) is 4.65. The Morgan fingerprint density at radius 3 is 1.57 bits per heavy atom. The Kier molecular flexibility index (Phi) is 12.2. The number of phenols is 1. The molecule has 0 saturated carbocycles. The summed E-state index contributed by atoms with van der Waals surface area (Å²) >= 11 is 0. The van der Waals surface area contributed by atoms with E-state index in [1.807, 2.05) is 36.4 Å². The van der Waals surface area contributed by atoms with Crippen LogP contribution in [0.1, 0.15) is 121 Å². The molecule has 2 N–H and O–H groups in total. The zero-order valence-corrected chi connectivity index (χ0v) is 29.4. The predicted octanol–water partition coefficient (Wildman–Crippen LogP) is 10.1. The van der Waals surface area contributed by atoms with E-state index in [2.05, 4.69) is 60.4 Å². The van der Waals surface area contributed by atoms with E-state index in [1.54, 1.807) is 6.92 Å². The number of phenolic OH excluding ortho intramolecular Hbond substituents is 1. The summed E-state index contributed by atoms with van der Waals surface area (Å²) < 4.78 is 53.3. The van der Waals surface area contributed by atoms with Crippen molar-refractivity contribution >= 4 is 6.21 Å². The molecule has 0 radical (unpaired) electrons. The van der Waals surface area contributed by atoms with Crippen molar-refractivity contribution < 1.29 is 32.9 Å². The molecule has 1 unspecified atom stereocenters. The first-order chi connectivity index (χ1) is 21.8. The molecular formula is C39H52F3NO4. The second-order valence-corrected chi connectivity index (χ2v) is 14.3. The number of nitrogens with zero attached hydrogens (tertiary/aromatic N) is 1. The Bertz CT molecular complexity index is 1440. The van der Waals surface area contributed by atoms with Crippen molar-refractivity contribution in [2.24, 2.45) is 4.99 Å². The zero-order valence-electron chi connectivity index (χ0n) is 29.4. The van der Waals surface area contributed by atoms with Crippen LogP contribution in [0, 0.1) is 0 Å². The van der Waals surface area contributed by atoms with Crippen molar-refractivity contribution in [2.45, 2.75) is 117 Å². The molecule has 0 saturated heterocycles. The van der Waals surface area contributed by atoms with Gasteiger partial charge in [-0.1, -0.05) is 80.4 Å². The van der Waals surface area contributed by atoms with Crippen molar-refractivity contribution in [3.05, 3.63) is 88.0 Å². The van der Waals surface area contributed by atoms with Crippen molar-refractivity contribution in [2.75, 3.05) is 13.2 Å². The first-order valence-electron chi connectivity index (χ1n) is 16.5. The number of ether oxygens (including phenoxy) is 2. The molecule has 0 aliphatic carbocycles. The van der Waals surface area contributed by atoms with E-state index < -0.39 is 23.4 Å². The van der Waals surface area contributed by atoms with Gasteiger partial charge in [0, 0.05) is 22.9 Å². The summed E-state index contributed by atoms with van der Waals surface area (Å²) in [6.45, 7) is 19.2. The molecule has 3 rings (SSSR count). The molecule has 0 aliphatic rings. The Morgan fingerprint density at radius 2 is 1.17 bits per heavy atom. The van der Waals surface area contributed by atoms with Crippen LogP contribution in [-0.4, -0.2) is 35.7 Å². The zero-order chi connectivity index (χ0) is 35.2. The third kappa shape index (κ3) is 9.31. The maximum Gasteiger partial charge on any atom is 0.416 e. The van der Waals surface area contributed by atoms with E-state index in [9.17, 15) is 23.4 Å². The van der Waals surface area contributed by atoms with E-state index in [4.69, 9.17) is 9.47 Å². The summed E-state index contributed by atoms with van der Waals surface area (Å²) in [5.74, 6) is 0.617. The molecule has 1 atom stereocenters. The maximum absolute atomic E-state index is 13.5. The molecule has 5 nitrogen and oxygen atoms in total. The van der Waals surface area contributed by atoms with Gasteiger partial charge < -0.3 is 19.7 Å². The second-order valence-electron chi connectivity index (χ2n) is 14.3. The number of benzene rings is 3. The number of halogens is 3. The van der Waals surface area contributed by atoms with Gasteiger partial charge in [0.15, 0.2) is 0 Å². The van der Waals surface area contributed by atoms with Gasteiger partial charge >= 0.3 is 6.18 Å². The number of aromatic hydroxyl groups is 1. The van der Waals surface area contributed by atoms with Gasteiger partial charge in [0.2, 0.25) is 0 Å². The van der Waals surface area contributed by atoms with Crippen LogP contribution in [0.4, 0.5) is 13.2 Å². The minimum absolute atomic E-state index is 0.111. The highest BCUT2D eigenvalue weighted by atomic mass is 19.4. The van der Waals surface area contributed by atoms with Crippen LogP contribution in [-0.2, 0) is 22.6 Å². The molecule has 0 heterocycles. The molecule has 8 heteroatoms. The molecule has 0 aromatic heterocycles. The molecule has 3 aromatic rings. The lowest BCUT2D eigenvalue weighted by molar-refractivity contribution is -0.137. The number of unbranched alkanes of at least 4 members (excludes halogenated alkanes) is 2. The van der Waals surface area contributed by atoms with Crippen molar-refractivity contribution in [1.29, 1.82) is 0 Å². The quantitative estimate of drug-likeness (QED) is 0.142. The van der Waals surface area contributed by atoms with Crippen LogP contribution < -0.4 is 9.47 Å². The van der Waals surface area contributed by atoms with Crippen LogP contribution in [0.15, 0.2) is 59.6 Å². The van der Waals surface area contributed by atoms with E-state index in [1.165, 1.54) is 6.21 Å². The Hall–Kier alpha value is -3.52. The molecule has 0 spiro atoms. The van der Waals surface area contributed by atoms with E-state index in [-0.39, 0.29) is 22.1 Å². The Morgan fingerprint density at radius 1 is 0.723 bits per heavy atom. The van der Waals surface area contributed by atoms with Gasteiger partial charge in [-0.25, -0.2) is 0 Å². The highest BCUT2D eigenvalue weighted by molar-refractivity contribution is 5.84. The monoisotopic (exact) mass is 655 g/mol.